The molecule has 0 spiro atoms. The van der Waals surface area contributed by atoms with Gasteiger partial charge in [0.25, 0.3) is 11.5 Å². The number of nitrogen functional groups attached to an aromatic ring is 1. The number of anilines is 1. The summed E-state index contributed by atoms with van der Waals surface area (Å²) in [6, 6.07) is 21.3. The van der Waals surface area contributed by atoms with Crippen molar-refractivity contribution in [1.82, 2.24) is 34.6 Å². The van der Waals surface area contributed by atoms with Crippen molar-refractivity contribution in [1.29, 1.82) is 0 Å². The third-order valence-electron chi connectivity index (χ3n) is 7.14. The fraction of sp³-hybridized carbons (Fsp3) is 0.0625. The summed E-state index contributed by atoms with van der Waals surface area (Å²) in [5.74, 6) is 6.41. The molecule has 5 heterocycles. The first-order valence-corrected chi connectivity index (χ1v) is 13.5. The molecule has 208 valence electrons. The number of carbonyl (C=O) groups excluding carboxylic acids is 1. The number of fused-ring (bicyclic) bond motifs is 3. The second-order valence-electron chi connectivity index (χ2n) is 9.89. The van der Waals surface area contributed by atoms with Crippen molar-refractivity contribution in [2.75, 3.05) is 5.73 Å². The summed E-state index contributed by atoms with van der Waals surface area (Å²) in [7, 11) is 0. The minimum atomic E-state index is -0.684. The zero-order valence-electron chi connectivity index (χ0n) is 22.9. The van der Waals surface area contributed by atoms with Crippen LogP contribution < -0.4 is 21.1 Å². The normalized spacial score (nSPS) is 11.8. The number of aromatic amines is 1. The smallest absolute Gasteiger partial charge is 0.362 e. The van der Waals surface area contributed by atoms with Gasteiger partial charge in [-0.25, -0.2) is 14.6 Å². The molecule has 0 aliphatic rings. The van der Waals surface area contributed by atoms with Gasteiger partial charge in [-0.3, -0.25) is 14.2 Å². The molecule has 7 rings (SSSR count). The van der Waals surface area contributed by atoms with Crippen LogP contribution in [0, 0.1) is 11.8 Å². The number of rotatable bonds is 4. The Morgan fingerprint density at radius 3 is 2.70 bits per heavy atom. The molecule has 2 aromatic carbocycles. The Labute approximate surface area is 244 Å². The number of pyridine rings is 1. The lowest BCUT2D eigenvalue weighted by atomic mass is 10.1. The number of H-pyrrole nitrogens is 1. The topological polar surface area (TPSA) is 140 Å². The molecule has 7 aromatic rings. The molecule has 1 unspecified atom stereocenters. The maximum absolute atomic E-state index is 14.3. The van der Waals surface area contributed by atoms with E-state index in [9.17, 15) is 9.59 Å². The van der Waals surface area contributed by atoms with E-state index in [1.54, 1.807) is 52.7 Å². The van der Waals surface area contributed by atoms with Gasteiger partial charge in [-0.15, -0.1) is 4.52 Å². The van der Waals surface area contributed by atoms with Gasteiger partial charge in [0, 0.05) is 17.8 Å². The van der Waals surface area contributed by atoms with Crippen LogP contribution in [0.5, 0.6) is 0 Å². The van der Waals surface area contributed by atoms with Crippen molar-refractivity contribution < 1.29 is 9.31 Å². The summed E-state index contributed by atoms with van der Waals surface area (Å²) in [5, 5.41) is 10.6. The first-order valence-electron chi connectivity index (χ1n) is 13.5. The highest BCUT2D eigenvalue weighted by Crippen LogP contribution is 2.21. The average Bonchev–Trinajstić information content (AvgIpc) is 3.60. The van der Waals surface area contributed by atoms with Gasteiger partial charge in [-0.1, -0.05) is 42.2 Å². The predicted molar refractivity (Wildman–Crippen MR) is 161 cm³/mol. The molecule has 0 saturated carbocycles. The minimum Gasteiger partial charge on any atom is -0.382 e. The summed E-state index contributed by atoms with van der Waals surface area (Å²) in [6.45, 7) is 1.77. The SMILES string of the molecule is CC(NC(=O)c1c(N)[nH][n+]2cccnc12)c1nc2cccc(C#Cc3cnn4ccccc34)c2c(=O)n1-c1ccccc1. The van der Waals surface area contributed by atoms with Crippen LogP contribution in [-0.2, 0) is 0 Å². The Balaban J connectivity index is 1.35. The number of carbonyl (C=O) groups is 1. The van der Waals surface area contributed by atoms with Crippen LogP contribution in [0.4, 0.5) is 5.82 Å². The van der Waals surface area contributed by atoms with E-state index in [0.29, 0.717) is 33.6 Å². The predicted octanol–water partition coefficient (Wildman–Crippen LogP) is 2.97. The van der Waals surface area contributed by atoms with Crippen LogP contribution in [0.25, 0.3) is 27.8 Å². The standard InChI is InChI=1S/C32H23N9O2/c1-20(36-31(42)27-28(33)38-40-18-8-16-34-30(27)40)29-37-24-12-7-9-21(14-15-22-19-35-39-17-6-5-13-25(22)39)26(24)32(43)41(29)23-10-3-2-4-11-23/h2-13,16-20H,1H3,(H3,33,36,38,42)/p+1. The molecule has 11 heteroatoms. The third-order valence-corrected chi connectivity index (χ3v) is 7.14. The third kappa shape index (κ3) is 4.43. The molecule has 0 aliphatic carbocycles. The lowest BCUT2D eigenvalue weighted by Gasteiger charge is -2.19. The van der Waals surface area contributed by atoms with Gasteiger partial charge in [0.05, 0.1) is 39.9 Å². The van der Waals surface area contributed by atoms with E-state index in [1.807, 2.05) is 60.8 Å². The highest BCUT2D eigenvalue weighted by molar-refractivity contribution is 6.03. The van der Waals surface area contributed by atoms with Crippen LogP contribution in [-0.4, -0.2) is 35.2 Å². The quantitative estimate of drug-likeness (QED) is 0.221. The number of hydrogen-bond donors (Lipinski definition) is 3. The van der Waals surface area contributed by atoms with E-state index < -0.39 is 11.9 Å². The van der Waals surface area contributed by atoms with Gasteiger partial charge < -0.3 is 11.1 Å². The van der Waals surface area contributed by atoms with Gasteiger partial charge in [-0.05, 0) is 48.3 Å². The maximum Gasteiger partial charge on any atom is 0.362 e. The molecule has 1 amide bonds. The largest absolute Gasteiger partial charge is 0.382 e. The number of para-hydroxylation sites is 1. The summed E-state index contributed by atoms with van der Waals surface area (Å²) in [5.41, 5.74) is 9.62. The molecule has 0 radical (unpaired) electrons. The highest BCUT2D eigenvalue weighted by Gasteiger charge is 2.27. The van der Waals surface area contributed by atoms with Crippen molar-refractivity contribution in [3.8, 4) is 17.5 Å². The van der Waals surface area contributed by atoms with E-state index in [2.05, 4.69) is 32.3 Å². The van der Waals surface area contributed by atoms with Crippen LogP contribution in [0.2, 0.25) is 0 Å². The zero-order chi connectivity index (χ0) is 29.5. The molecule has 0 fully saturated rings. The van der Waals surface area contributed by atoms with Crippen molar-refractivity contribution in [2.45, 2.75) is 13.0 Å². The lowest BCUT2D eigenvalue weighted by molar-refractivity contribution is -0.577. The number of amides is 1. The van der Waals surface area contributed by atoms with Gasteiger partial charge in [-0.2, -0.15) is 5.10 Å². The minimum absolute atomic E-state index is 0.171. The Hall–Kier alpha value is -6.28. The van der Waals surface area contributed by atoms with Crippen molar-refractivity contribution in [3.63, 3.8) is 0 Å². The molecule has 0 aliphatic heterocycles. The molecular weight excluding hydrogens is 542 g/mol. The Kier molecular flexibility index (Phi) is 6.14. The molecule has 0 bridgehead atoms. The first kappa shape index (κ1) is 25.7. The number of nitrogens with one attached hydrogen (secondary N) is 2. The molecule has 1 atom stereocenters. The van der Waals surface area contributed by atoms with E-state index in [1.165, 1.54) is 4.57 Å². The fourth-order valence-corrected chi connectivity index (χ4v) is 5.14. The summed E-state index contributed by atoms with van der Waals surface area (Å²) in [6.07, 6.45) is 6.85. The maximum atomic E-state index is 14.3. The van der Waals surface area contributed by atoms with Gasteiger partial charge in [0.15, 0.2) is 11.4 Å². The summed E-state index contributed by atoms with van der Waals surface area (Å²) < 4.78 is 4.83. The average molecular weight is 567 g/mol. The zero-order valence-corrected chi connectivity index (χ0v) is 22.9. The lowest BCUT2D eigenvalue weighted by Crippen LogP contribution is -2.34. The summed E-state index contributed by atoms with van der Waals surface area (Å²) >= 11 is 0. The highest BCUT2D eigenvalue weighted by atomic mass is 16.2. The first-order chi connectivity index (χ1) is 21.0. The fourth-order valence-electron chi connectivity index (χ4n) is 5.14. The van der Waals surface area contributed by atoms with Crippen molar-refractivity contribution in [3.05, 3.63) is 130 Å². The van der Waals surface area contributed by atoms with Crippen molar-refractivity contribution >= 4 is 33.8 Å². The van der Waals surface area contributed by atoms with Crippen LogP contribution in [0.15, 0.2) is 102 Å². The van der Waals surface area contributed by atoms with Crippen LogP contribution in [0.1, 0.15) is 40.3 Å². The monoisotopic (exact) mass is 566 g/mol. The molecule has 11 nitrogen and oxygen atoms in total. The van der Waals surface area contributed by atoms with Crippen LogP contribution >= 0.6 is 0 Å². The second kappa shape index (κ2) is 10.3. The van der Waals surface area contributed by atoms with Crippen LogP contribution in [0.3, 0.4) is 0 Å². The number of nitrogens with two attached hydrogens (primary N) is 1. The number of nitrogens with zero attached hydrogens (tertiary/aromatic N) is 6. The number of aromatic nitrogens is 7. The van der Waals surface area contributed by atoms with E-state index in [0.717, 1.165) is 11.1 Å². The Morgan fingerprint density at radius 2 is 1.84 bits per heavy atom. The van der Waals surface area contributed by atoms with E-state index in [-0.39, 0.29) is 16.9 Å². The van der Waals surface area contributed by atoms with E-state index in [4.69, 9.17) is 10.7 Å². The van der Waals surface area contributed by atoms with E-state index >= 15 is 0 Å². The molecular formula is C32H24N9O2+. The molecule has 43 heavy (non-hydrogen) atoms. The Morgan fingerprint density at radius 1 is 1.02 bits per heavy atom. The second-order valence-corrected chi connectivity index (χ2v) is 9.89. The molecule has 0 saturated heterocycles. The van der Waals surface area contributed by atoms with Crippen molar-refractivity contribution in [2.24, 2.45) is 0 Å². The van der Waals surface area contributed by atoms with Gasteiger partial charge in [0.1, 0.15) is 18.2 Å². The molecule has 5 aromatic heterocycles. The molecule has 4 N–H and O–H groups in total. The summed E-state index contributed by atoms with van der Waals surface area (Å²) in [4.78, 5) is 36.9. The Bertz CT molecular complexity index is 2310. The van der Waals surface area contributed by atoms with Gasteiger partial charge in [0.2, 0.25) is 0 Å². The number of hydrogen-bond acceptors (Lipinski definition) is 6. The van der Waals surface area contributed by atoms with Gasteiger partial charge >= 0.3 is 5.65 Å². The number of benzene rings is 2.